The lowest BCUT2D eigenvalue weighted by molar-refractivity contribution is -0.147. The molecule has 0 aliphatic rings. The fourth-order valence-corrected chi connectivity index (χ4v) is 2.86. The van der Waals surface area contributed by atoms with Gasteiger partial charge >= 0.3 is 11.9 Å². The maximum Gasteiger partial charge on any atom is 0.307 e. The number of hydrogen-bond acceptors (Lipinski definition) is 4. The molecule has 0 bridgehead atoms. The third-order valence-electron chi connectivity index (χ3n) is 4.43. The average Bonchev–Trinajstić information content (AvgIpc) is 2.64. The van der Waals surface area contributed by atoms with Crippen molar-refractivity contribution < 1.29 is 19.1 Å². The van der Waals surface area contributed by atoms with Gasteiger partial charge in [0, 0.05) is 12.8 Å². The first-order valence-corrected chi connectivity index (χ1v) is 11.4. The van der Waals surface area contributed by atoms with Crippen LogP contribution < -0.4 is 0 Å². The predicted octanol–water partition coefficient (Wildman–Crippen LogP) is 6.38. The van der Waals surface area contributed by atoms with Gasteiger partial charge in [-0.25, -0.2) is 0 Å². The Hall–Kier alpha value is -1.76. The number of ether oxygens (including phenoxy) is 2. The predicted molar refractivity (Wildman–Crippen MR) is 119 cm³/mol. The summed E-state index contributed by atoms with van der Waals surface area (Å²) in [6, 6.07) is 0. The molecular weight excluding hydrogens is 364 g/mol. The molecule has 0 saturated heterocycles. The second kappa shape index (κ2) is 18.3. The van der Waals surface area contributed by atoms with E-state index < -0.39 is 6.10 Å². The average molecular weight is 407 g/mol. The molecule has 0 fully saturated rings. The van der Waals surface area contributed by atoms with E-state index in [0.29, 0.717) is 25.4 Å². The van der Waals surface area contributed by atoms with Crippen LogP contribution in [-0.2, 0) is 19.1 Å². The van der Waals surface area contributed by atoms with Crippen LogP contribution in [0.4, 0.5) is 0 Å². The Kier molecular flexibility index (Phi) is 17.2. The highest BCUT2D eigenvalue weighted by atomic mass is 16.5. The zero-order valence-corrected chi connectivity index (χ0v) is 19.2. The Labute approximate surface area is 178 Å². The van der Waals surface area contributed by atoms with Crippen LogP contribution >= 0.6 is 0 Å². The molecular formula is C25H42O4. The van der Waals surface area contributed by atoms with E-state index in [9.17, 15) is 9.59 Å². The molecule has 0 spiro atoms. The minimum Gasteiger partial charge on any atom is -0.466 e. The van der Waals surface area contributed by atoms with E-state index >= 15 is 0 Å². The minimum atomic E-state index is -0.423. The van der Waals surface area contributed by atoms with Crippen molar-refractivity contribution in [2.45, 2.75) is 111 Å². The summed E-state index contributed by atoms with van der Waals surface area (Å²) in [7, 11) is 0. The molecule has 0 amide bonds. The second-order valence-corrected chi connectivity index (χ2v) is 8.21. The highest BCUT2D eigenvalue weighted by Gasteiger charge is 2.14. The van der Waals surface area contributed by atoms with Crippen molar-refractivity contribution in [2.75, 3.05) is 6.61 Å². The zero-order chi connectivity index (χ0) is 21.9. The van der Waals surface area contributed by atoms with Crippen LogP contribution in [0, 0.1) is 17.8 Å². The summed E-state index contributed by atoms with van der Waals surface area (Å²) in [5.41, 5.74) is 0.744. The third-order valence-corrected chi connectivity index (χ3v) is 4.43. The molecule has 0 aliphatic heterocycles. The van der Waals surface area contributed by atoms with Crippen molar-refractivity contribution >= 4 is 11.9 Å². The lowest BCUT2D eigenvalue weighted by atomic mass is 10.1. The highest BCUT2D eigenvalue weighted by molar-refractivity contribution is 5.72. The van der Waals surface area contributed by atoms with Crippen molar-refractivity contribution in [3.63, 3.8) is 0 Å². The first-order valence-electron chi connectivity index (χ1n) is 11.4. The van der Waals surface area contributed by atoms with Gasteiger partial charge in [0.2, 0.25) is 0 Å². The van der Waals surface area contributed by atoms with Gasteiger partial charge in [0.25, 0.3) is 0 Å². The Morgan fingerprint density at radius 2 is 1.48 bits per heavy atom. The maximum absolute atomic E-state index is 12.0. The summed E-state index contributed by atoms with van der Waals surface area (Å²) in [5, 5.41) is 0. The lowest BCUT2D eigenvalue weighted by Gasteiger charge is -2.14. The van der Waals surface area contributed by atoms with E-state index in [-0.39, 0.29) is 24.8 Å². The molecule has 0 aromatic carbocycles. The monoisotopic (exact) mass is 406 g/mol. The van der Waals surface area contributed by atoms with Gasteiger partial charge in [0.1, 0.15) is 0 Å². The first kappa shape index (κ1) is 27.2. The Morgan fingerprint density at radius 3 is 2.07 bits per heavy atom. The summed E-state index contributed by atoms with van der Waals surface area (Å²) < 4.78 is 10.7. The fraction of sp³-hybridized carbons (Fsp3) is 0.760. The van der Waals surface area contributed by atoms with Crippen LogP contribution in [-0.4, -0.2) is 24.6 Å². The summed E-state index contributed by atoms with van der Waals surface area (Å²) in [4.78, 5) is 23.8. The van der Waals surface area contributed by atoms with E-state index in [0.717, 1.165) is 18.4 Å². The number of allylic oxidation sites excluding steroid dienone is 1. The largest absolute Gasteiger partial charge is 0.466 e. The van der Waals surface area contributed by atoms with E-state index in [1.165, 1.54) is 38.5 Å². The van der Waals surface area contributed by atoms with E-state index in [4.69, 9.17) is 9.47 Å². The molecule has 0 heterocycles. The molecule has 0 rings (SSSR count). The van der Waals surface area contributed by atoms with Gasteiger partial charge in [-0.2, -0.15) is 0 Å². The molecule has 4 nitrogen and oxygen atoms in total. The topological polar surface area (TPSA) is 52.6 Å². The van der Waals surface area contributed by atoms with Crippen LogP contribution in [0.3, 0.4) is 0 Å². The summed E-state index contributed by atoms with van der Waals surface area (Å²) in [5.74, 6) is 5.66. The van der Waals surface area contributed by atoms with E-state index in [2.05, 4.69) is 39.2 Å². The van der Waals surface area contributed by atoms with Crippen molar-refractivity contribution in [1.29, 1.82) is 0 Å². The molecule has 166 valence electrons. The van der Waals surface area contributed by atoms with Gasteiger partial charge in [-0.3, -0.25) is 9.59 Å². The van der Waals surface area contributed by atoms with Crippen molar-refractivity contribution in [3.05, 3.63) is 12.2 Å². The van der Waals surface area contributed by atoms with Crippen molar-refractivity contribution in [2.24, 2.45) is 5.92 Å². The third kappa shape index (κ3) is 19.3. The standard InChI is InChI=1S/C25H42O4/c1-6-7-8-9-10-11-12-13-19-28-24(26)15-14-16-25(27)29-23(20-22(4)5)18-17-21(2)3/h22-23H,2,6-16,19-20H2,1,3-5H3. The number of unbranched alkanes of at least 4 members (excludes halogenated alkanes) is 7. The van der Waals surface area contributed by atoms with Gasteiger partial charge < -0.3 is 9.47 Å². The van der Waals surface area contributed by atoms with E-state index in [1.807, 2.05) is 6.92 Å². The van der Waals surface area contributed by atoms with Crippen LogP contribution in [0.25, 0.3) is 0 Å². The molecule has 29 heavy (non-hydrogen) atoms. The molecule has 1 atom stereocenters. The van der Waals surface area contributed by atoms with Crippen LogP contribution in [0.15, 0.2) is 12.2 Å². The number of hydrogen-bond donors (Lipinski definition) is 0. The second-order valence-electron chi connectivity index (χ2n) is 8.21. The van der Waals surface area contributed by atoms with Crippen LogP contribution in [0.2, 0.25) is 0 Å². The quantitative estimate of drug-likeness (QED) is 0.170. The number of carbonyl (C=O) groups excluding carboxylic acids is 2. The Balaban J connectivity index is 3.84. The smallest absolute Gasteiger partial charge is 0.307 e. The number of rotatable bonds is 16. The summed E-state index contributed by atoms with van der Waals surface area (Å²) in [6.07, 6.45) is 10.9. The van der Waals surface area contributed by atoms with Crippen molar-refractivity contribution in [3.8, 4) is 11.8 Å². The maximum atomic E-state index is 12.0. The normalized spacial score (nSPS) is 11.5. The van der Waals surface area contributed by atoms with Gasteiger partial charge in [-0.15, -0.1) is 0 Å². The van der Waals surface area contributed by atoms with Crippen LogP contribution in [0.5, 0.6) is 0 Å². The summed E-state index contributed by atoms with van der Waals surface area (Å²) in [6.45, 7) is 12.4. The fourth-order valence-electron chi connectivity index (χ4n) is 2.86. The zero-order valence-electron chi connectivity index (χ0n) is 19.2. The summed E-state index contributed by atoms with van der Waals surface area (Å²) >= 11 is 0. The Morgan fingerprint density at radius 1 is 0.897 bits per heavy atom. The van der Waals surface area contributed by atoms with Gasteiger partial charge in [-0.05, 0) is 37.7 Å². The molecule has 0 aliphatic carbocycles. The minimum absolute atomic E-state index is 0.205. The highest BCUT2D eigenvalue weighted by Crippen LogP contribution is 2.11. The van der Waals surface area contributed by atoms with Gasteiger partial charge in [0.05, 0.1) is 6.61 Å². The SMILES string of the molecule is C=C(C)C#CC(CC(C)C)OC(=O)CCCC(=O)OCCCCCCCCCC. The van der Waals surface area contributed by atoms with Crippen molar-refractivity contribution in [1.82, 2.24) is 0 Å². The molecule has 0 aromatic heterocycles. The molecule has 4 heteroatoms. The lowest BCUT2D eigenvalue weighted by Crippen LogP contribution is -2.19. The molecule has 0 saturated carbocycles. The Bertz CT molecular complexity index is 525. The molecule has 0 radical (unpaired) electrons. The number of carbonyl (C=O) groups is 2. The molecule has 0 aromatic rings. The molecule has 0 N–H and O–H groups in total. The number of esters is 2. The van der Waals surface area contributed by atoms with E-state index in [1.54, 1.807) is 0 Å². The van der Waals surface area contributed by atoms with Gasteiger partial charge in [0.15, 0.2) is 6.10 Å². The van der Waals surface area contributed by atoms with Crippen LogP contribution in [0.1, 0.15) is 105 Å². The first-order chi connectivity index (χ1) is 13.8. The van der Waals surface area contributed by atoms with Gasteiger partial charge in [-0.1, -0.05) is 84.1 Å². The molecule has 1 unspecified atom stereocenters.